The Morgan fingerprint density at radius 3 is 2.00 bits per heavy atom. The first-order chi connectivity index (χ1) is 8.28. The van der Waals surface area contributed by atoms with Gasteiger partial charge in [0.05, 0.1) is 0 Å². The molecule has 0 atom stereocenters. The van der Waals surface area contributed by atoms with Gasteiger partial charge in [0.15, 0.2) is 0 Å². The summed E-state index contributed by atoms with van der Waals surface area (Å²) in [6, 6.07) is 16.7. The van der Waals surface area contributed by atoms with Crippen LogP contribution in [0.4, 0.5) is 0 Å². The Labute approximate surface area is 103 Å². The lowest BCUT2D eigenvalue weighted by atomic mass is 10.1. The maximum atomic E-state index is 5.72. The smallest absolute Gasteiger partial charge is 0.119 e. The summed E-state index contributed by atoms with van der Waals surface area (Å²) in [4.78, 5) is 0. The van der Waals surface area contributed by atoms with Crippen molar-refractivity contribution in [2.24, 2.45) is 0 Å². The zero-order valence-corrected chi connectivity index (χ0v) is 10.4. The molecule has 0 aromatic heterocycles. The predicted molar refractivity (Wildman–Crippen MR) is 71.3 cm³/mol. The van der Waals surface area contributed by atoms with E-state index in [9.17, 15) is 0 Å². The molecule has 0 radical (unpaired) electrons. The highest BCUT2D eigenvalue weighted by atomic mass is 16.5. The summed E-state index contributed by atoms with van der Waals surface area (Å²) in [5.74, 6) is 0.926. The third-order valence-electron chi connectivity index (χ3n) is 2.86. The molecule has 0 aliphatic heterocycles. The van der Waals surface area contributed by atoms with Gasteiger partial charge in [0.2, 0.25) is 0 Å². The molecule has 0 heterocycles. The van der Waals surface area contributed by atoms with Crippen LogP contribution >= 0.6 is 0 Å². The Morgan fingerprint density at radius 2 is 1.41 bits per heavy atom. The van der Waals surface area contributed by atoms with Gasteiger partial charge in [-0.25, -0.2) is 0 Å². The molecule has 0 unspecified atom stereocenters. The number of rotatable bonds is 4. The van der Waals surface area contributed by atoms with Crippen LogP contribution in [0.1, 0.15) is 23.6 Å². The van der Waals surface area contributed by atoms with Gasteiger partial charge in [-0.05, 0) is 36.6 Å². The number of benzene rings is 2. The number of hydrogen-bond donors (Lipinski definition) is 0. The molecule has 1 heteroatoms. The topological polar surface area (TPSA) is 9.23 Å². The Hall–Kier alpha value is -1.76. The van der Waals surface area contributed by atoms with Crippen molar-refractivity contribution < 1.29 is 4.74 Å². The van der Waals surface area contributed by atoms with Crippen LogP contribution in [0.25, 0.3) is 0 Å². The summed E-state index contributed by atoms with van der Waals surface area (Å²) in [6.45, 7) is 4.87. The van der Waals surface area contributed by atoms with E-state index in [1.807, 2.05) is 12.1 Å². The van der Waals surface area contributed by atoms with Crippen LogP contribution in [-0.4, -0.2) is 0 Å². The third kappa shape index (κ3) is 3.35. The molecule has 0 aliphatic carbocycles. The minimum atomic E-state index is 0.632. The van der Waals surface area contributed by atoms with Crippen LogP contribution in [0, 0.1) is 6.92 Å². The highest BCUT2D eigenvalue weighted by Gasteiger charge is 1.96. The second-order valence-corrected chi connectivity index (χ2v) is 4.27. The molecule has 0 spiro atoms. The average molecular weight is 226 g/mol. The van der Waals surface area contributed by atoms with Gasteiger partial charge in [-0.1, -0.05) is 48.9 Å². The van der Waals surface area contributed by atoms with E-state index >= 15 is 0 Å². The maximum Gasteiger partial charge on any atom is 0.119 e. The van der Waals surface area contributed by atoms with Crippen molar-refractivity contribution in [3.05, 3.63) is 65.2 Å². The zero-order valence-electron chi connectivity index (χ0n) is 10.4. The van der Waals surface area contributed by atoms with E-state index in [0.717, 1.165) is 12.2 Å². The van der Waals surface area contributed by atoms with Crippen LogP contribution in [-0.2, 0) is 13.0 Å². The summed E-state index contributed by atoms with van der Waals surface area (Å²) >= 11 is 0. The second kappa shape index (κ2) is 5.53. The molecule has 0 bridgehead atoms. The molecule has 0 aliphatic rings. The fourth-order valence-corrected chi connectivity index (χ4v) is 1.67. The Kier molecular flexibility index (Phi) is 3.81. The summed E-state index contributed by atoms with van der Waals surface area (Å²) < 4.78 is 5.72. The van der Waals surface area contributed by atoms with Crippen LogP contribution in [0.3, 0.4) is 0 Å². The highest BCUT2D eigenvalue weighted by Crippen LogP contribution is 2.14. The van der Waals surface area contributed by atoms with Crippen LogP contribution in [0.15, 0.2) is 48.5 Å². The molecule has 2 aromatic rings. The van der Waals surface area contributed by atoms with E-state index in [0.29, 0.717) is 6.61 Å². The molecule has 88 valence electrons. The monoisotopic (exact) mass is 226 g/mol. The van der Waals surface area contributed by atoms with Crippen molar-refractivity contribution in [1.82, 2.24) is 0 Å². The fourth-order valence-electron chi connectivity index (χ4n) is 1.67. The van der Waals surface area contributed by atoms with Crippen LogP contribution in [0.5, 0.6) is 5.75 Å². The zero-order chi connectivity index (χ0) is 12.1. The molecule has 2 rings (SSSR count). The summed E-state index contributed by atoms with van der Waals surface area (Å²) in [6.07, 6.45) is 1.08. The Bertz CT molecular complexity index is 454. The number of hydrogen-bond acceptors (Lipinski definition) is 1. The standard InChI is InChI=1S/C16H18O/c1-3-14-6-8-15(9-7-14)12-17-16-10-4-13(2)5-11-16/h4-11H,3,12H2,1-2H3. The van der Waals surface area contributed by atoms with Crippen molar-refractivity contribution in [1.29, 1.82) is 0 Å². The lowest BCUT2D eigenvalue weighted by molar-refractivity contribution is 0.306. The minimum Gasteiger partial charge on any atom is -0.489 e. The van der Waals surface area contributed by atoms with Gasteiger partial charge in [-0.3, -0.25) is 0 Å². The minimum absolute atomic E-state index is 0.632. The first kappa shape index (κ1) is 11.7. The van der Waals surface area contributed by atoms with E-state index < -0.39 is 0 Å². The van der Waals surface area contributed by atoms with Crippen LogP contribution < -0.4 is 4.74 Å². The summed E-state index contributed by atoms with van der Waals surface area (Å²) in [7, 11) is 0. The molecule has 0 saturated heterocycles. The first-order valence-electron chi connectivity index (χ1n) is 6.05. The van der Waals surface area contributed by atoms with Gasteiger partial charge in [0.1, 0.15) is 12.4 Å². The molecule has 17 heavy (non-hydrogen) atoms. The molecule has 0 N–H and O–H groups in total. The van der Waals surface area contributed by atoms with Crippen LogP contribution in [0.2, 0.25) is 0 Å². The largest absolute Gasteiger partial charge is 0.489 e. The molecule has 0 amide bonds. The van der Waals surface area contributed by atoms with E-state index in [2.05, 4.69) is 50.2 Å². The average Bonchev–Trinajstić information content (AvgIpc) is 2.39. The quantitative estimate of drug-likeness (QED) is 0.761. The Balaban J connectivity index is 1.95. The molecule has 2 aromatic carbocycles. The lowest BCUT2D eigenvalue weighted by Gasteiger charge is -2.07. The predicted octanol–water partition coefficient (Wildman–Crippen LogP) is 4.14. The highest BCUT2D eigenvalue weighted by molar-refractivity contribution is 5.27. The molecule has 0 saturated carbocycles. The fraction of sp³-hybridized carbons (Fsp3) is 0.250. The second-order valence-electron chi connectivity index (χ2n) is 4.27. The molecular formula is C16H18O. The van der Waals surface area contributed by atoms with Crippen molar-refractivity contribution >= 4 is 0 Å². The normalized spacial score (nSPS) is 10.2. The SMILES string of the molecule is CCc1ccc(COc2ccc(C)cc2)cc1. The molecular weight excluding hydrogens is 208 g/mol. The van der Waals surface area contributed by atoms with E-state index in [-0.39, 0.29) is 0 Å². The first-order valence-corrected chi connectivity index (χ1v) is 6.05. The van der Waals surface area contributed by atoms with Gasteiger partial charge >= 0.3 is 0 Å². The van der Waals surface area contributed by atoms with Crippen molar-refractivity contribution in [2.45, 2.75) is 26.9 Å². The van der Waals surface area contributed by atoms with E-state index in [1.165, 1.54) is 16.7 Å². The van der Waals surface area contributed by atoms with E-state index in [1.54, 1.807) is 0 Å². The van der Waals surface area contributed by atoms with Gasteiger partial charge in [0, 0.05) is 0 Å². The van der Waals surface area contributed by atoms with Crippen molar-refractivity contribution in [3.63, 3.8) is 0 Å². The van der Waals surface area contributed by atoms with Gasteiger partial charge in [-0.2, -0.15) is 0 Å². The Morgan fingerprint density at radius 1 is 0.824 bits per heavy atom. The summed E-state index contributed by atoms with van der Waals surface area (Å²) in [5, 5.41) is 0. The van der Waals surface area contributed by atoms with Crippen molar-refractivity contribution in [3.8, 4) is 5.75 Å². The maximum absolute atomic E-state index is 5.72. The number of aryl methyl sites for hydroxylation is 2. The molecule has 0 fully saturated rings. The van der Waals surface area contributed by atoms with Crippen molar-refractivity contribution in [2.75, 3.05) is 0 Å². The lowest BCUT2D eigenvalue weighted by Crippen LogP contribution is -1.95. The van der Waals surface area contributed by atoms with Gasteiger partial charge in [-0.15, -0.1) is 0 Å². The van der Waals surface area contributed by atoms with E-state index in [4.69, 9.17) is 4.74 Å². The molecule has 1 nitrogen and oxygen atoms in total. The number of ether oxygens (including phenoxy) is 1. The summed E-state index contributed by atoms with van der Waals surface area (Å²) in [5.41, 5.74) is 3.83. The van der Waals surface area contributed by atoms with Gasteiger partial charge in [0.25, 0.3) is 0 Å². The van der Waals surface area contributed by atoms with Gasteiger partial charge < -0.3 is 4.74 Å². The third-order valence-corrected chi connectivity index (χ3v) is 2.86.